The Morgan fingerprint density at radius 2 is 1.72 bits per heavy atom. The van der Waals surface area contributed by atoms with Gasteiger partial charge in [-0.25, -0.2) is 4.98 Å². The van der Waals surface area contributed by atoms with Crippen LogP contribution in [-0.4, -0.2) is 18.0 Å². The van der Waals surface area contributed by atoms with Crippen molar-refractivity contribution in [2.24, 2.45) is 0 Å². The van der Waals surface area contributed by atoms with Crippen LogP contribution in [0.25, 0.3) is 0 Å². The third-order valence-corrected chi connectivity index (χ3v) is 3.59. The average Bonchev–Trinajstić information content (AvgIpc) is 2.68. The summed E-state index contributed by atoms with van der Waals surface area (Å²) >= 11 is 0. The molecule has 3 aromatic rings. The molecule has 1 aromatic heterocycles. The number of para-hydroxylation sites is 1. The topological polar surface area (TPSA) is 60.5 Å². The van der Waals surface area contributed by atoms with Gasteiger partial charge in [0.25, 0.3) is 5.91 Å². The molecule has 5 nitrogen and oxygen atoms in total. The summed E-state index contributed by atoms with van der Waals surface area (Å²) in [6, 6.07) is 20.2. The minimum Gasteiger partial charge on any atom is -0.497 e. The van der Waals surface area contributed by atoms with Gasteiger partial charge in [-0.05, 0) is 42.0 Å². The molecule has 0 fully saturated rings. The van der Waals surface area contributed by atoms with E-state index >= 15 is 0 Å². The van der Waals surface area contributed by atoms with Crippen molar-refractivity contribution in [1.29, 1.82) is 0 Å². The highest BCUT2D eigenvalue weighted by Crippen LogP contribution is 2.22. The van der Waals surface area contributed by atoms with Gasteiger partial charge in [0.15, 0.2) is 0 Å². The number of carbonyl (C=O) groups excluding carboxylic acids is 1. The minimum absolute atomic E-state index is 0.241. The Balaban J connectivity index is 1.69. The number of aromatic nitrogens is 1. The molecular weight excluding hydrogens is 316 g/mol. The highest BCUT2D eigenvalue weighted by molar-refractivity contribution is 5.96. The summed E-state index contributed by atoms with van der Waals surface area (Å²) in [5.74, 6) is 1.45. The summed E-state index contributed by atoms with van der Waals surface area (Å²) in [7, 11) is 1.62. The SMILES string of the molecule is COc1ccc(CNC(=O)c2cccnc2Oc2ccccc2)cc1. The Morgan fingerprint density at radius 1 is 0.960 bits per heavy atom. The molecule has 126 valence electrons. The van der Waals surface area contributed by atoms with E-state index in [2.05, 4.69) is 10.3 Å². The number of ether oxygens (including phenoxy) is 2. The summed E-state index contributed by atoms with van der Waals surface area (Å²) in [4.78, 5) is 16.7. The zero-order chi connectivity index (χ0) is 17.5. The molecule has 1 amide bonds. The van der Waals surface area contributed by atoms with Crippen molar-refractivity contribution in [3.63, 3.8) is 0 Å². The molecule has 0 aliphatic carbocycles. The first-order valence-electron chi connectivity index (χ1n) is 7.85. The zero-order valence-electron chi connectivity index (χ0n) is 13.8. The number of pyridine rings is 1. The maximum absolute atomic E-state index is 12.5. The average molecular weight is 334 g/mol. The Labute approximate surface area is 146 Å². The van der Waals surface area contributed by atoms with Gasteiger partial charge in [-0.2, -0.15) is 0 Å². The van der Waals surface area contributed by atoms with E-state index in [1.807, 2.05) is 54.6 Å². The molecule has 0 aliphatic heterocycles. The highest BCUT2D eigenvalue weighted by Gasteiger charge is 2.14. The largest absolute Gasteiger partial charge is 0.497 e. The maximum atomic E-state index is 12.5. The predicted octanol–water partition coefficient (Wildman–Crippen LogP) is 3.81. The van der Waals surface area contributed by atoms with Crippen LogP contribution in [0.2, 0.25) is 0 Å². The van der Waals surface area contributed by atoms with E-state index in [0.29, 0.717) is 17.9 Å². The molecule has 5 heteroatoms. The lowest BCUT2D eigenvalue weighted by atomic mass is 10.2. The molecule has 0 bridgehead atoms. The van der Waals surface area contributed by atoms with Crippen molar-refractivity contribution in [2.75, 3.05) is 7.11 Å². The first-order chi connectivity index (χ1) is 12.3. The van der Waals surface area contributed by atoms with Crippen molar-refractivity contribution in [1.82, 2.24) is 10.3 Å². The van der Waals surface area contributed by atoms with E-state index in [1.54, 1.807) is 25.4 Å². The lowest BCUT2D eigenvalue weighted by molar-refractivity contribution is 0.0948. The van der Waals surface area contributed by atoms with Crippen LogP contribution in [0.5, 0.6) is 17.4 Å². The van der Waals surface area contributed by atoms with Crippen molar-refractivity contribution < 1.29 is 14.3 Å². The summed E-state index contributed by atoms with van der Waals surface area (Å²) in [6.07, 6.45) is 1.60. The second-order valence-electron chi connectivity index (χ2n) is 5.30. The first kappa shape index (κ1) is 16.5. The molecule has 2 aromatic carbocycles. The van der Waals surface area contributed by atoms with E-state index in [-0.39, 0.29) is 11.8 Å². The van der Waals surface area contributed by atoms with Crippen molar-refractivity contribution in [3.05, 3.63) is 84.1 Å². The van der Waals surface area contributed by atoms with Crippen LogP contribution in [0, 0.1) is 0 Å². The quantitative estimate of drug-likeness (QED) is 0.744. The normalized spacial score (nSPS) is 10.1. The number of hydrogen-bond donors (Lipinski definition) is 1. The number of amides is 1. The molecule has 3 rings (SSSR count). The molecule has 0 atom stereocenters. The lowest BCUT2D eigenvalue weighted by Gasteiger charge is -2.10. The Morgan fingerprint density at radius 3 is 2.44 bits per heavy atom. The fraction of sp³-hybridized carbons (Fsp3) is 0.100. The highest BCUT2D eigenvalue weighted by atomic mass is 16.5. The second kappa shape index (κ2) is 7.97. The third-order valence-electron chi connectivity index (χ3n) is 3.59. The number of methoxy groups -OCH3 is 1. The van der Waals surface area contributed by atoms with Gasteiger partial charge < -0.3 is 14.8 Å². The number of nitrogens with one attached hydrogen (secondary N) is 1. The molecule has 0 unspecified atom stereocenters. The van der Waals surface area contributed by atoms with Gasteiger partial charge in [0.2, 0.25) is 5.88 Å². The van der Waals surface area contributed by atoms with Crippen LogP contribution in [0.3, 0.4) is 0 Å². The molecule has 0 aliphatic rings. The fourth-order valence-corrected chi connectivity index (χ4v) is 2.27. The standard InChI is InChI=1S/C20H18N2O3/c1-24-16-11-9-15(10-12-16)14-22-19(23)18-8-5-13-21-20(18)25-17-6-3-2-4-7-17/h2-13H,14H2,1H3,(H,22,23). The van der Waals surface area contributed by atoms with E-state index < -0.39 is 0 Å². The van der Waals surface area contributed by atoms with E-state index in [0.717, 1.165) is 11.3 Å². The van der Waals surface area contributed by atoms with Crippen LogP contribution >= 0.6 is 0 Å². The molecular formula is C20H18N2O3. The Hall–Kier alpha value is -3.34. The minimum atomic E-state index is -0.241. The summed E-state index contributed by atoms with van der Waals surface area (Å²) in [5.41, 5.74) is 1.36. The van der Waals surface area contributed by atoms with E-state index in [1.165, 1.54) is 0 Å². The molecule has 0 spiro atoms. The van der Waals surface area contributed by atoms with Crippen LogP contribution in [0.1, 0.15) is 15.9 Å². The van der Waals surface area contributed by atoms with Gasteiger partial charge in [-0.1, -0.05) is 30.3 Å². The van der Waals surface area contributed by atoms with Crippen LogP contribution < -0.4 is 14.8 Å². The van der Waals surface area contributed by atoms with Gasteiger partial charge in [0.1, 0.15) is 17.1 Å². The maximum Gasteiger partial charge on any atom is 0.257 e. The van der Waals surface area contributed by atoms with Gasteiger partial charge in [-0.3, -0.25) is 4.79 Å². The van der Waals surface area contributed by atoms with Crippen molar-refractivity contribution in [2.45, 2.75) is 6.54 Å². The number of rotatable bonds is 6. The third kappa shape index (κ3) is 4.35. The van der Waals surface area contributed by atoms with Crippen LogP contribution in [0.4, 0.5) is 0 Å². The molecule has 0 saturated carbocycles. The Kier molecular flexibility index (Phi) is 5.26. The predicted molar refractivity (Wildman–Crippen MR) is 94.9 cm³/mol. The van der Waals surface area contributed by atoms with E-state index in [4.69, 9.17) is 9.47 Å². The number of benzene rings is 2. The van der Waals surface area contributed by atoms with Gasteiger partial charge in [0.05, 0.1) is 7.11 Å². The summed E-state index contributed by atoms with van der Waals surface area (Å²) in [6.45, 7) is 0.405. The fourth-order valence-electron chi connectivity index (χ4n) is 2.27. The van der Waals surface area contributed by atoms with Gasteiger partial charge in [-0.15, -0.1) is 0 Å². The zero-order valence-corrected chi connectivity index (χ0v) is 13.8. The van der Waals surface area contributed by atoms with E-state index in [9.17, 15) is 4.79 Å². The molecule has 1 N–H and O–H groups in total. The van der Waals surface area contributed by atoms with Gasteiger partial charge >= 0.3 is 0 Å². The van der Waals surface area contributed by atoms with Gasteiger partial charge in [0, 0.05) is 12.7 Å². The van der Waals surface area contributed by atoms with Crippen LogP contribution in [0.15, 0.2) is 72.9 Å². The molecule has 0 radical (unpaired) electrons. The number of nitrogens with zero attached hydrogens (tertiary/aromatic N) is 1. The Bertz CT molecular complexity index is 833. The number of hydrogen-bond acceptors (Lipinski definition) is 4. The lowest BCUT2D eigenvalue weighted by Crippen LogP contribution is -2.23. The first-order valence-corrected chi connectivity index (χ1v) is 7.85. The monoisotopic (exact) mass is 334 g/mol. The summed E-state index contributed by atoms with van der Waals surface area (Å²) < 4.78 is 10.8. The van der Waals surface area contributed by atoms with Crippen molar-refractivity contribution in [3.8, 4) is 17.4 Å². The van der Waals surface area contributed by atoms with Crippen LogP contribution in [-0.2, 0) is 6.54 Å². The number of carbonyl (C=O) groups is 1. The summed E-state index contributed by atoms with van der Waals surface area (Å²) in [5, 5.41) is 2.88. The smallest absolute Gasteiger partial charge is 0.257 e. The molecule has 25 heavy (non-hydrogen) atoms. The van der Waals surface area contributed by atoms with Crippen molar-refractivity contribution >= 4 is 5.91 Å². The molecule has 0 saturated heterocycles. The molecule has 1 heterocycles. The second-order valence-corrected chi connectivity index (χ2v) is 5.30.